The maximum absolute atomic E-state index is 10.4. The minimum Gasteiger partial charge on any atom is -0.493 e. The Morgan fingerprint density at radius 2 is 1.33 bits per heavy atom. The van der Waals surface area contributed by atoms with E-state index in [1.807, 2.05) is 72.8 Å². The van der Waals surface area contributed by atoms with Crippen molar-refractivity contribution in [1.29, 1.82) is 0 Å². The molecule has 4 aromatic carbocycles. The van der Waals surface area contributed by atoms with Crippen molar-refractivity contribution in [3.05, 3.63) is 144 Å². The van der Waals surface area contributed by atoms with E-state index in [1.165, 1.54) is 0 Å². The number of aliphatic hydroxyl groups excluding tert-OH is 1. The highest BCUT2D eigenvalue weighted by Gasteiger charge is 2.36. The standard InChI is InChI=1S/C36H37N5O4/c1-43-32-19-18-27(24-33(32)44-2)22-23-37-25-31(42)26-45-35-21-20-34(38-40-35)39-41-36(28-12-6-3-7-13-28,29-14-8-4-9-15-29)30-16-10-5-11-17-30/h3-21,24,31,37,42H,22-23,25-26H2,1-2H3/t31-/m0/s1. The second-order valence-electron chi connectivity index (χ2n) is 10.3. The summed E-state index contributed by atoms with van der Waals surface area (Å²) in [6, 6.07) is 39.5. The van der Waals surface area contributed by atoms with E-state index >= 15 is 0 Å². The molecule has 0 radical (unpaired) electrons. The first kappa shape index (κ1) is 31.3. The van der Waals surface area contributed by atoms with Crippen LogP contribution >= 0.6 is 0 Å². The lowest BCUT2D eigenvalue weighted by Gasteiger charge is -2.30. The zero-order valence-electron chi connectivity index (χ0n) is 25.4. The fraction of sp³-hybridized carbons (Fsp3) is 0.222. The van der Waals surface area contributed by atoms with E-state index in [0.29, 0.717) is 36.3 Å². The van der Waals surface area contributed by atoms with E-state index in [1.54, 1.807) is 26.4 Å². The summed E-state index contributed by atoms with van der Waals surface area (Å²) in [6.45, 7) is 1.12. The molecule has 0 aliphatic carbocycles. The number of methoxy groups -OCH3 is 2. The lowest BCUT2D eigenvalue weighted by molar-refractivity contribution is 0.103. The summed E-state index contributed by atoms with van der Waals surface area (Å²) in [4.78, 5) is 0. The molecule has 0 saturated carbocycles. The van der Waals surface area contributed by atoms with Gasteiger partial charge < -0.3 is 24.6 Å². The minimum absolute atomic E-state index is 0.0675. The van der Waals surface area contributed by atoms with Crippen molar-refractivity contribution in [3.63, 3.8) is 0 Å². The molecule has 0 saturated heterocycles. The van der Waals surface area contributed by atoms with Crippen LogP contribution in [0.2, 0.25) is 0 Å². The van der Waals surface area contributed by atoms with Gasteiger partial charge in [-0.3, -0.25) is 0 Å². The van der Waals surface area contributed by atoms with Crippen LogP contribution in [-0.2, 0) is 12.0 Å². The maximum Gasteiger partial charge on any atom is 0.233 e. The van der Waals surface area contributed by atoms with E-state index in [4.69, 9.17) is 19.3 Å². The predicted octanol–water partition coefficient (Wildman–Crippen LogP) is 6.14. The Morgan fingerprint density at radius 3 is 1.87 bits per heavy atom. The number of azo groups is 1. The van der Waals surface area contributed by atoms with Crippen LogP contribution in [0.25, 0.3) is 0 Å². The fourth-order valence-electron chi connectivity index (χ4n) is 5.06. The van der Waals surface area contributed by atoms with E-state index in [-0.39, 0.29) is 6.61 Å². The first-order valence-corrected chi connectivity index (χ1v) is 14.8. The van der Waals surface area contributed by atoms with Crippen molar-refractivity contribution >= 4 is 5.82 Å². The van der Waals surface area contributed by atoms with Crippen LogP contribution in [0.4, 0.5) is 5.82 Å². The van der Waals surface area contributed by atoms with Crippen molar-refractivity contribution in [2.24, 2.45) is 10.2 Å². The SMILES string of the molecule is COc1ccc(CCNC[C@H](O)COc2ccc(N=NC(c3ccccc3)(c3ccccc3)c3ccccc3)nn2)cc1OC. The van der Waals surface area contributed by atoms with Gasteiger partial charge in [-0.25, -0.2) is 0 Å². The smallest absolute Gasteiger partial charge is 0.233 e. The van der Waals surface area contributed by atoms with Crippen molar-refractivity contribution in [2.45, 2.75) is 18.1 Å². The Labute approximate surface area is 263 Å². The molecule has 1 atom stereocenters. The molecule has 45 heavy (non-hydrogen) atoms. The topological polar surface area (TPSA) is 110 Å². The number of benzene rings is 4. The number of aliphatic hydroxyl groups is 1. The Morgan fingerprint density at radius 1 is 0.733 bits per heavy atom. The van der Waals surface area contributed by atoms with E-state index in [0.717, 1.165) is 28.7 Å². The lowest BCUT2D eigenvalue weighted by atomic mass is 9.78. The van der Waals surface area contributed by atoms with Gasteiger partial charge in [-0.1, -0.05) is 97.1 Å². The Hall–Kier alpha value is -5.12. The van der Waals surface area contributed by atoms with Crippen LogP contribution in [0.15, 0.2) is 132 Å². The third-order valence-electron chi connectivity index (χ3n) is 7.35. The number of ether oxygens (including phenoxy) is 3. The third kappa shape index (κ3) is 7.89. The molecule has 9 nitrogen and oxygen atoms in total. The van der Waals surface area contributed by atoms with Gasteiger partial charge in [0, 0.05) is 12.6 Å². The lowest BCUT2D eigenvalue weighted by Crippen LogP contribution is -2.32. The van der Waals surface area contributed by atoms with E-state index in [2.05, 4.69) is 57.0 Å². The Kier molecular flexibility index (Phi) is 10.8. The van der Waals surface area contributed by atoms with Crippen LogP contribution in [0.1, 0.15) is 22.3 Å². The molecule has 0 amide bonds. The summed E-state index contributed by atoms with van der Waals surface area (Å²) in [5.74, 6) is 2.02. The summed E-state index contributed by atoms with van der Waals surface area (Å²) < 4.78 is 16.3. The highest BCUT2D eigenvalue weighted by Crippen LogP contribution is 2.41. The molecular weight excluding hydrogens is 566 g/mol. The number of rotatable bonds is 15. The molecule has 2 N–H and O–H groups in total. The van der Waals surface area contributed by atoms with Crippen molar-refractivity contribution < 1.29 is 19.3 Å². The minimum atomic E-state index is -0.892. The van der Waals surface area contributed by atoms with Gasteiger partial charge in [0.25, 0.3) is 0 Å². The quantitative estimate of drug-likeness (QED) is 0.0840. The second kappa shape index (κ2) is 15.6. The molecule has 0 aliphatic heterocycles. The normalized spacial score (nSPS) is 12.2. The molecule has 0 unspecified atom stereocenters. The predicted molar refractivity (Wildman–Crippen MR) is 173 cm³/mol. The van der Waals surface area contributed by atoms with Crippen molar-refractivity contribution in [2.75, 3.05) is 33.9 Å². The maximum atomic E-state index is 10.4. The molecule has 0 spiro atoms. The fourth-order valence-corrected chi connectivity index (χ4v) is 5.06. The molecule has 1 aromatic heterocycles. The first-order valence-electron chi connectivity index (χ1n) is 14.8. The summed E-state index contributed by atoms with van der Waals surface area (Å²) in [6.07, 6.45) is 0.0509. The molecule has 0 aliphatic rings. The molecule has 0 bridgehead atoms. The van der Waals surface area contributed by atoms with E-state index in [9.17, 15) is 5.11 Å². The first-order chi connectivity index (χ1) is 22.1. The molecule has 0 fully saturated rings. The largest absolute Gasteiger partial charge is 0.493 e. The Bertz CT molecular complexity index is 1540. The summed E-state index contributed by atoms with van der Waals surface area (Å²) in [7, 11) is 3.23. The van der Waals surface area contributed by atoms with Crippen LogP contribution in [0.3, 0.4) is 0 Å². The van der Waals surface area contributed by atoms with Crippen LogP contribution in [0, 0.1) is 0 Å². The highest BCUT2D eigenvalue weighted by atomic mass is 16.5. The monoisotopic (exact) mass is 603 g/mol. The molecule has 230 valence electrons. The zero-order chi connectivity index (χ0) is 31.3. The van der Waals surface area contributed by atoms with Crippen LogP contribution in [-0.4, -0.2) is 55.3 Å². The molecular formula is C36H37N5O4. The average Bonchev–Trinajstić information content (AvgIpc) is 3.11. The molecule has 9 heteroatoms. The van der Waals surface area contributed by atoms with Crippen molar-refractivity contribution in [3.8, 4) is 17.4 Å². The van der Waals surface area contributed by atoms with Gasteiger partial charge in [0.1, 0.15) is 12.7 Å². The zero-order valence-corrected chi connectivity index (χ0v) is 25.4. The Balaban J connectivity index is 1.21. The molecule has 5 aromatic rings. The molecule has 1 heterocycles. The van der Waals surface area contributed by atoms with E-state index < -0.39 is 11.6 Å². The van der Waals surface area contributed by atoms with Gasteiger partial charge in [-0.15, -0.1) is 15.3 Å². The number of aromatic nitrogens is 2. The number of nitrogens with zero attached hydrogens (tertiary/aromatic N) is 4. The number of hydrogen-bond donors (Lipinski definition) is 2. The summed E-state index contributed by atoms with van der Waals surface area (Å²) in [5, 5.41) is 31.5. The third-order valence-corrected chi connectivity index (χ3v) is 7.35. The average molecular weight is 604 g/mol. The van der Waals surface area contributed by atoms with Gasteiger partial charge in [0.2, 0.25) is 5.88 Å². The molecule has 5 rings (SSSR count). The van der Waals surface area contributed by atoms with Gasteiger partial charge >= 0.3 is 0 Å². The summed E-state index contributed by atoms with van der Waals surface area (Å²) >= 11 is 0. The number of nitrogens with one attached hydrogen (secondary N) is 1. The van der Waals surface area contributed by atoms with Crippen molar-refractivity contribution in [1.82, 2.24) is 15.5 Å². The van der Waals surface area contributed by atoms with Crippen LogP contribution < -0.4 is 19.5 Å². The summed E-state index contributed by atoms with van der Waals surface area (Å²) in [5.41, 5.74) is 3.14. The van der Waals surface area contributed by atoms with Gasteiger partial charge in [0.15, 0.2) is 22.9 Å². The van der Waals surface area contributed by atoms with Gasteiger partial charge in [-0.2, -0.15) is 5.11 Å². The van der Waals surface area contributed by atoms with Gasteiger partial charge in [-0.05, 0) is 53.4 Å². The van der Waals surface area contributed by atoms with Gasteiger partial charge in [0.05, 0.1) is 14.2 Å². The van der Waals surface area contributed by atoms with Crippen LogP contribution in [0.5, 0.6) is 17.4 Å². The number of hydrogen-bond acceptors (Lipinski definition) is 9. The second-order valence-corrected chi connectivity index (χ2v) is 10.3. The highest BCUT2D eigenvalue weighted by molar-refractivity contribution is 5.50.